The molecule has 2 heterocycles. The van der Waals surface area contributed by atoms with Crippen molar-refractivity contribution in [3.8, 4) is 5.75 Å². The highest BCUT2D eigenvalue weighted by atomic mass is 127. The Hall–Kier alpha value is -1.59. The minimum absolute atomic E-state index is 0. The number of likely N-dealkylation sites (tertiary alicyclic amines) is 1. The van der Waals surface area contributed by atoms with Crippen LogP contribution in [0.25, 0.3) is 0 Å². The number of aliphatic imine (C=N–C) groups is 1. The number of ether oxygens (including phenoxy) is 2. The zero-order valence-electron chi connectivity index (χ0n) is 18.4. The van der Waals surface area contributed by atoms with Crippen LogP contribution in [-0.4, -0.2) is 81.3 Å². The summed E-state index contributed by atoms with van der Waals surface area (Å²) in [4.78, 5) is 20.3. The minimum atomic E-state index is -0.229. The fourth-order valence-corrected chi connectivity index (χ4v) is 4.12. The average molecular weight is 545 g/mol. The number of primary amides is 1. The first-order valence-electron chi connectivity index (χ1n) is 10.9. The van der Waals surface area contributed by atoms with Gasteiger partial charge in [0.25, 0.3) is 0 Å². The number of rotatable bonds is 8. The molecule has 1 atom stereocenters. The first-order valence-corrected chi connectivity index (χ1v) is 10.9. The summed E-state index contributed by atoms with van der Waals surface area (Å²) in [5, 5.41) is 3.46. The minimum Gasteiger partial charge on any atom is -0.492 e. The van der Waals surface area contributed by atoms with Gasteiger partial charge in [-0.3, -0.25) is 14.7 Å². The summed E-state index contributed by atoms with van der Waals surface area (Å²) in [6.45, 7) is 7.48. The summed E-state index contributed by atoms with van der Waals surface area (Å²) in [5.74, 6) is 1.82. The lowest BCUT2D eigenvalue weighted by molar-refractivity contribution is -0.119. The van der Waals surface area contributed by atoms with E-state index in [9.17, 15) is 4.79 Å². The van der Waals surface area contributed by atoms with Crippen LogP contribution in [0.5, 0.6) is 5.75 Å². The van der Waals surface area contributed by atoms with E-state index in [1.165, 1.54) is 0 Å². The summed E-state index contributed by atoms with van der Waals surface area (Å²) >= 11 is 0. The molecule has 1 aromatic carbocycles. The third kappa shape index (κ3) is 8.46. The van der Waals surface area contributed by atoms with Crippen molar-refractivity contribution in [2.24, 2.45) is 16.6 Å². The van der Waals surface area contributed by atoms with Gasteiger partial charge in [-0.1, -0.05) is 18.2 Å². The maximum absolute atomic E-state index is 11.3. The number of nitrogens with two attached hydrogens (primary N) is 1. The van der Waals surface area contributed by atoms with Gasteiger partial charge in [-0.05, 0) is 24.8 Å². The standard InChI is InChI=1S/C22H35N5O3.HI/c1-24-22(27-8-4-5-18(17-27)15-21(23)28)25-16-19-6-2-3-7-20(19)30-14-11-26-9-12-29-13-10-26;/h2-3,6-7,18H,4-5,8-17H2,1H3,(H2,23,28)(H,24,25);1H. The first kappa shape index (κ1) is 25.7. The lowest BCUT2D eigenvalue weighted by atomic mass is 9.95. The van der Waals surface area contributed by atoms with Crippen LogP contribution in [0.15, 0.2) is 29.3 Å². The zero-order chi connectivity index (χ0) is 21.2. The molecule has 2 saturated heterocycles. The van der Waals surface area contributed by atoms with E-state index in [1.807, 2.05) is 18.2 Å². The normalized spacial score (nSPS) is 20.1. The highest BCUT2D eigenvalue weighted by Crippen LogP contribution is 2.21. The van der Waals surface area contributed by atoms with Gasteiger partial charge in [-0.25, -0.2) is 0 Å². The Morgan fingerprint density at radius 1 is 1.29 bits per heavy atom. The summed E-state index contributed by atoms with van der Waals surface area (Å²) in [6, 6.07) is 8.12. The number of nitrogens with zero attached hydrogens (tertiary/aromatic N) is 3. The van der Waals surface area contributed by atoms with Crippen molar-refractivity contribution in [2.45, 2.75) is 25.8 Å². The Kier molecular flexibility index (Phi) is 11.4. The Labute approximate surface area is 202 Å². The number of hydrogen-bond acceptors (Lipinski definition) is 5. The number of para-hydroxylation sites is 1. The molecule has 1 unspecified atom stereocenters. The van der Waals surface area contributed by atoms with Gasteiger partial charge in [0.1, 0.15) is 12.4 Å². The van der Waals surface area contributed by atoms with Crippen molar-refractivity contribution in [1.29, 1.82) is 0 Å². The van der Waals surface area contributed by atoms with Crippen molar-refractivity contribution in [3.63, 3.8) is 0 Å². The molecular formula is C22H36IN5O3. The Bertz CT molecular complexity index is 712. The van der Waals surface area contributed by atoms with Gasteiger partial charge in [-0.15, -0.1) is 24.0 Å². The third-order valence-corrected chi connectivity index (χ3v) is 5.70. The second-order valence-corrected chi connectivity index (χ2v) is 7.94. The third-order valence-electron chi connectivity index (χ3n) is 5.70. The molecule has 3 rings (SSSR count). The van der Waals surface area contributed by atoms with Gasteiger partial charge in [-0.2, -0.15) is 0 Å². The molecule has 174 valence electrons. The van der Waals surface area contributed by atoms with E-state index in [0.29, 0.717) is 25.5 Å². The van der Waals surface area contributed by atoms with Crippen LogP contribution >= 0.6 is 24.0 Å². The maximum atomic E-state index is 11.3. The molecule has 1 amide bonds. The molecule has 0 aliphatic carbocycles. The van der Waals surface area contributed by atoms with E-state index < -0.39 is 0 Å². The summed E-state index contributed by atoms with van der Waals surface area (Å²) in [7, 11) is 1.80. The molecule has 2 aliphatic rings. The fraction of sp³-hybridized carbons (Fsp3) is 0.636. The number of piperidine rings is 1. The van der Waals surface area contributed by atoms with Crippen LogP contribution in [0.1, 0.15) is 24.8 Å². The molecule has 2 aliphatic heterocycles. The second kappa shape index (κ2) is 13.7. The maximum Gasteiger partial charge on any atom is 0.217 e. The predicted molar refractivity (Wildman–Crippen MR) is 133 cm³/mol. The predicted octanol–water partition coefficient (Wildman–Crippen LogP) is 1.68. The number of amides is 1. The zero-order valence-corrected chi connectivity index (χ0v) is 20.8. The van der Waals surface area contributed by atoms with Crippen molar-refractivity contribution in [1.82, 2.24) is 15.1 Å². The van der Waals surface area contributed by atoms with E-state index in [-0.39, 0.29) is 29.9 Å². The van der Waals surface area contributed by atoms with E-state index in [1.54, 1.807) is 7.05 Å². The summed E-state index contributed by atoms with van der Waals surface area (Å²) in [6.07, 6.45) is 2.52. The monoisotopic (exact) mass is 545 g/mol. The molecule has 0 saturated carbocycles. The number of carbonyl (C=O) groups is 1. The molecule has 0 bridgehead atoms. The molecule has 8 nitrogen and oxygen atoms in total. The van der Waals surface area contributed by atoms with E-state index in [4.69, 9.17) is 15.2 Å². The van der Waals surface area contributed by atoms with Crippen LogP contribution in [-0.2, 0) is 16.1 Å². The molecule has 0 aromatic heterocycles. The number of carbonyl (C=O) groups excluding carboxylic acids is 1. The van der Waals surface area contributed by atoms with Crippen LogP contribution in [0.4, 0.5) is 0 Å². The SMILES string of the molecule is CN=C(NCc1ccccc1OCCN1CCOCC1)N1CCCC(CC(N)=O)C1.I. The first-order chi connectivity index (χ1) is 14.7. The molecule has 0 spiro atoms. The highest BCUT2D eigenvalue weighted by Gasteiger charge is 2.23. The van der Waals surface area contributed by atoms with Gasteiger partial charge in [0.05, 0.1) is 13.2 Å². The Morgan fingerprint density at radius 2 is 2.06 bits per heavy atom. The fourth-order valence-electron chi connectivity index (χ4n) is 4.12. The Balaban J connectivity index is 0.00000341. The number of benzene rings is 1. The number of nitrogens with one attached hydrogen (secondary N) is 1. The number of morpholine rings is 1. The molecule has 2 fully saturated rings. The van der Waals surface area contributed by atoms with Crippen LogP contribution in [0, 0.1) is 5.92 Å². The van der Waals surface area contributed by atoms with E-state index >= 15 is 0 Å². The highest BCUT2D eigenvalue weighted by molar-refractivity contribution is 14.0. The van der Waals surface area contributed by atoms with Gasteiger partial charge < -0.3 is 25.4 Å². The van der Waals surface area contributed by atoms with Crippen molar-refractivity contribution < 1.29 is 14.3 Å². The topological polar surface area (TPSA) is 92.4 Å². The second-order valence-electron chi connectivity index (χ2n) is 7.94. The van der Waals surface area contributed by atoms with Gasteiger partial charge >= 0.3 is 0 Å². The lowest BCUT2D eigenvalue weighted by Gasteiger charge is -2.34. The molecule has 1 aromatic rings. The smallest absolute Gasteiger partial charge is 0.217 e. The van der Waals surface area contributed by atoms with E-state index in [2.05, 4.69) is 26.2 Å². The lowest BCUT2D eigenvalue weighted by Crippen LogP contribution is -2.46. The number of guanidine groups is 1. The van der Waals surface area contributed by atoms with Crippen molar-refractivity contribution in [2.75, 3.05) is 59.6 Å². The van der Waals surface area contributed by atoms with Gasteiger partial charge in [0.15, 0.2) is 5.96 Å². The van der Waals surface area contributed by atoms with Crippen molar-refractivity contribution >= 4 is 35.8 Å². The van der Waals surface area contributed by atoms with Gasteiger partial charge in [0.2, 0.25) is 5.91 Å². The molecule has 0 radical (unpaired) electrons. The molecule has 9 heteroatoms. The van der Waals surface area contributed by atoms with Crippen LogP contribution in [0.3, 0.4) is 0 Å². The van der Waals surface area contributed by atoms with Gasteiger partial charge in [0, 0.05) is 58.3 Å². The van der Waals surface area contributed by atoms with Crippen LogP contribution < -0.4 is 15.8 Å². The number of halogens is 1. The quantitative estimate of drug-likeness (QED) is 0.294. The van der Waals surface area contributed by atoms with Crippen LogP contribution in [0.2, 0.25) is 0 Å². The largest absolute Gasteiger partial charge is 0.492 e. The molecular weight excluding hydrogens is 509 g/mol. The Morgan fingerprint density at radius 3 is 2.81 bits per heavy atom. The molecule has 31 heavy (non-hydrogen) atoms. The number of hydrogen-bond donors (Lipinski definition) is 2. The summed E-state index contributed by atoms with van der Waals surface area (Å²) < 4.78 is 11.5. The van der Waals surface area contributed by atoms with E-state index in [0.717, 1.165) is 76.1 Å². The molecule has 3 N–H and O–H groups in total. The average Bonchev–Trinajstić information content (AvgIpc) is 2.76. The summed E-state index contributed by atoms with van der Waals surface area (Å²) in [5.41, 5.74) is 6.49. The van der Waals surface area contributed by atoms with Crippen molar-refractivity contribution in [3.05, 3.63) is 29.8 Å².